The van der Waals surface area contributed by atoms with Gasteiger partial charge in [-0.15, -0.1) is 11.8 Å². The van der Waals surface area contributed by atoms with Crippen LogP contribution in [0, 0.1) is 17.8 Å². The van der Waals surface area contributed by atoms with Gasteiger partial charge in [0.1, 0.15) is 11.8 Å². The normalized spacial score (nSPS) is 32.4. The van der Waals surface area contributed by atoms with Crippen LogP contribution in [0.1, 0.15) is 41.5 Å². The minimum Gasteiger partial charge on any atom is -0.494 e. The second-order valence-corrected chi connectivity index (χ2v) is 13.8. The maximum absolute atomic E-state index is 14.6. The average Bonchev–Trinajstić information content (AvgIpc) is 3.16. The minimum absolute atomic E-state index is 0.0564. The van der Waals surface area contributed by atoms with Crippen LogP contribution < -0.4 is 9.64 Å². The first-order valence-electron chi connectivity index (χ1n) is 14.3. The van der Waals surface area contributed by atoms with E-state index in [4.69, 9.17) is 4.74 Å². The van der Waals surface area contributed by atoms with E-state index in [9.17, 15) is 19.5 Å². The number of fused-ring (bicyclic) bond motifs is 2. The number of aliphatic hydroxyl groups is 1. The highest BCUT2D eigenvalue weighted by Gasteiger charge is 2.74. The number of hydrogen-bond acceptors (Lipinski definition) is 6. The maximum atomic E-state index is 14.6. The second-order valence-electron chi connectivity index (χ2n) is 12.0. The Bertz CT molecular complexity index is 1230. The number of hydrogen-bond donors (Lipinski definition) is 1. The summed E-state index contributed by atoms with van der Waals surface area (Å²) in [7, 11) is 0. The number of rotatable bonds is 7. The van der Waals surface area contributed by atoms with E-state index in [1.807, 2.05) is 84.0 Å². The standard InChI is InChI=1S/C31H41N3O5S/c1-7-39-22-12-10-21(11-13-22)33-17-8-14-30(6)24(27(33)36)25-28(37)34(23(18-35)19(2)3)26-29(38)32(20(4)5)16-9-15-31(25,26)40-30/h8-15,19-20,23-26,35H,7,16-18H2,1-6H3/t23-,24-,25-,26?,30+,31-/m0/s1. The number of benzene rings is 1. The van der Waals surface area contributed by atoms with Crippen molar-refractivity contribution in [3.8, 4) is 5.75 Å². The molecule has 4 heterocycles. The van der Waals surface area contributed by atoms with E-state index in [1.165, 1.54) is 0 Å². The van der Waals surface area contributed by atoms with Gasteiger partial charge in [-0.25, -0.2) is 0 Å². The first kappa shape index (κ1) is 28.7. The lowest BCUT2D eigenvalue weighted by Crippen LogP contribution is -2.58. The van der Waals surface area contributed by atoms with Crippen LogP contribution in [0.3, 0.4) is 0 Å². The number of nitrogens with zero attached hydrogens (tertiary/aromatic N) is 3. The molecule has 0 aliphatic carbocycles. The van der Waals surface area contributed by atoms with E-state index < -0.39 is 33.4 Å². The fraction of sp³-hybridized carbons (Fsp3) is 0.581. The third-order valence-electron chi connectivity index (χ3n) is 8.92. The van der Waals surface area contributed by atoms with Gasteiger partial charge in [0.25, 0.3) is 0 Å². The Balaban J connectivity index is 1.63. The molecule has 1 N–H and O–H groups in total. The number of thioether (sulfide) groups is 1. The molecule has 1 unspecified atom stereocenters. The van der Waals surface area contributed by atoms with Gasteiger partial charge in [-0.3, -0.25) is 14.4 Å². The van der Waals surface area contributed by atoms with Gasteiger partial charge < -0.3 is 24.5 Å². The van der Waals surface area contributed by atoms with Crippen molar-refractivity contribution in [3.05, 3.63) is 48.6 Å². The molecule has 9 heteroatoms. The van der Waals surface area contributed by atoms with Gasteiger partial charge in [0, 0.05) is 29.6 Å². The summed E-state index contributed by atoms with van der Waals surface area (Å²) in [6, 6.07) is 6.06. The monoisotopic (exact) mass is 567 g/mol. The highest BCUT2D eigenvalue weighted by molar-refractivity contribution is 8.02. The number of aliphatic hydroxyl groups excluding tert-OH is 1. The Labute approximate surface area is 241 Å². The minimum atomic E-state index is -0.929. The molecule has 216 valence electrons. The van der Waals surface area contributed by atoms with Crippen LogP contribution in [-0.2, 0) is 14.4 Å². The Hall–Kier alpha value is -2.78. The summed E-state index contributed by atoms with van der Waals surface area (Å²) in [5.41, 5.74) is 0.737. The van der Waals surface area contributed by atoms with Gasteiger partial charge in [0.15, 0.2) is 0 Å². The van der Waals surface area contributed by atoms with Crippen LogP contribution in [0.15, 0.2) is 48.6 Å². The van der Waals surface area contributed by atoms with Crippen LogP contribution in [0.2, 0.25) is 0 Å². The number of amides is 3. The van der Waals surface area contributed by atoms with Gasteiger partial charge in [0.2, 0.25) is 17.7 Å². The quantitative estimate of drug-likeness (QED) is 0.508. The van der Waals surface area contributed by atoms with E-state index in [0.29, 0.717) is 19.7 Å². The number of likely N-dealkylation sites (tertiary alicyclic amines) is 1. The lowest BCUT2D eigenvalue weighted by Gasteiger charge is -2.41. The number of ether oxygens (including phenoxy) is 1. The third-order valence-corrected chi connectivity index (χ3v) is 10.7. The van der Waals surface area contributed by atoms with Gasteiger partial charge in [-0.1, -0.05) is 38.2 Å². The highest BCUT2D eigenvalue weighted by atomic mass is 32.2. The molecule has 40 heavy (non-hydrogen) atoms. The first-order chi connectivity index (χ1) is 19.0. The van der Waals surface area contributed by atoms with Gasteiger partial charge >= 0.3 is 0 Å². The molecule has 4 aliphatic heterocycles. The van der Waals surface area contributed by atoms with Crippen molar-refractivity contribution in [2.75, 3.05) is 31.2 Å². The van der Waals surface area contributed by atoms with Crippen molar-refractivity contribution in [2.24, 2.45) is 17.8 Å². The molecule has 0 aromatic heterocycles. The fourth-order valence-electron chi connectivity index (χ4n) is 7.04. The summed E-state index contributed by atoms with van der Waals surface area (Å²) in [6.07, 6.45) is 8.09. The summed E-state index contributed by atoms with van der Waals surface area (Å²) < 4.78 is 3.97. The summed E-state index contributed by atoms with van der Waals surface area (Å²) in [4.78, 5) is 48.6. The summed E-state index contributed by atoms with van der Waals surface area (Å²) >= 11 is 1.57. The van der Waals surface area contributed by atoms with Crippen LogP contribution in [-0.4, -0.2) is 86.6 Å². The Morgan fingerprint density at radius 2 is 1.65 bits per heavy atom. The highest BCUT2D eigenvalue weighted by Crippen LogP contribution is 2.66. The zero-order valence-electron chi connectivity index (χ0n) is 24.2. The number of anilines is 1. The predicted octanol–water partition coefficient (Wildman–Crippen LogP) is 3.50. The number of carbonyl (C=O) groups excluding carboxylic acids is 3. The van der Waals surface area contributed by atoms with Gasteiger partial charge in [-0.2, -0.15) is 0 Å². The zero-order valence-corrected chi connectivity index (χ0v) is 25.1. The third kappa shape index (κ3) is 4.28. The molecule has 6 atom stereocenters. The average molecular weight is 568 g/mol. The van der Waals surface area contributed by atoms with E-state index in [2.05, 4.69) is 6.08 Å². The van der Waals surface area contributed by atoms with E-state index >= 15 is 0 Å². The van der Waals surface area contributed by atoms with Crippen LogP contribution in [0.5, 0.6) is 5.75 Å². The molecule has 0 radical (unpaired) electrons. The van der Waals surface area contributed by atoms with Gasteiger partial charge in [-0.05, 0) is 57.9 Å². The molecule has 2 saturated heterocycles. The molecule has 5 rings (SSSR count). The topological polar surface area (TPSA) is 90.4 Å². The second kappa shape index (κ2) is 10.6. The largest absolute Gasteiger partial charge is 0.494 e. The molecule has 1 spiro atoms. The summed E-state index contributed by atoms with van der Waals surface area (Å²) in [5.74, 6) is -1.24. The fourth-order valence-corrected chi connectivity index (χ4v) is 9.19. The van der Waals surface area contributed by atoms with Crippen molar-refractivity contribution < 1.29 is 24.2 Å². The Morgan fingerprint density at radius 1 is 0.975 bits per heavy atom. The SMILES string of the molecule is CCOc1ccc(N2CC=C[C@@]3(C)S[C@]45C=CCN(C(C)C)C(=O)C4N([C@@H](CO)C(C)C)C(=O)[C@@H]5[C@H]3C2=O)cc1. The van der Waals surface area contributed by atoms with Gasteiger partial charge in [0.05, 0.1) is 35.8 Å². The van der Waals surface area contributed by atoms with Crippen LogP contribution in [0.25, 0.3) is 0 Å². The lowest BCUT2D eigenvalue weighted by atomic mass is 9.74. The summed E-state index contributed by atoms with van der Waals surface area (Å²) in [6.45, 7) is 12.9. The first-order valence-corrected chi connectivity index (χ1v) is 15.2. The van der Waals surface area contributed by atoms with Crippen molar-refractivity contribution in [1.82, 2.24) is 9.80 Å². The van der Waals surface area contributed by atoms with Crippen LogP contribution in [0.4, 0.5) is 5.69 Å². The smallest absolute Gasteiger partial charge is 0.247 e. The molecule has 8 nitrogen and oxygen atoms in total. The molecule has 0 bridgehead atoms. The molecular formula is C31H41N3O5S. The molecule has 0 saturated carbocycles. The van der Waals surface area contributed by atoms with Crippen LogP contribution >= 0.6 is 11.8 Å². The summed E-state index contributed by atoms with van der Waals surface area (Å²) in [5, 5.41) is 10.4. The van der Waals surface area contributed by atoms with E-state index in [-0.39, 0.29) is 36.3 Å². The van der Waals surface area contributed by atoms with Crippen molar-refractivity contribution >= 4 is 35.2 Å². The van der Waals surface area contributed by atoms with E-state index in [0.717, 1.165) is 11.4 Å². The molecule has 1 aromatic rings. The molecule has 2 fully saturated rings. The number of carbonyl (C=O) groups is 3. The predicted molar refractivity (Wildman–Crippen MR) is 157 cm³/mol. The van der Waals surface area contributed by atoms with Crippen molar-refractivity contribution in [2.45, 2.75) is 69.2 Å². The zero-order chi connectivity index (χ0) is 29.0. The lowest BCUT2D eigenvalue weighted by molar-refractivity contribution is -0.147. The molecule has 3 amide bonds. The Morgan fingerprint density at radius 3 is 2.25 bits per heavy atom. The van der Waals surface area contributed by atoms with Crippen molar-refractivity contribution in [1.29, 1.82) is 0 Å². The molecule has 4 aliphatic rings. The molecule has 1 aromatic carbocycles. The molecular weight excluding hydrogens is 526 g/mol. The maximum Gasteiger partial charge on any atom is 0.247 e. The van der Waals surface area contributed by atoms with E-state index in [1.54, 1.807) is 26.5 Å². The Kier molecular flexibility index (Phi) is 7.59. The van der Waals surface area contributed by atoms with Crippen molar-refractivity contribution in [3.63, 3.8) is 0 Å².